The quantitative estimate of drug-likeness (QED) is 0.486. The lowest BCUT2D eigenvalue weighted by Crippen LogP contribution is -2.03. The van der Waals surface area contributed by atoms with Crippen molar-refractivity contribution in [2.75, 3.05) is 18.6 Å². The van der Waals surface area contributed by atoms with Crippen LogP contribution in [-0.2, 0) is 9.53 Å². The molecule has 1 unspecified atom stereocenters. The Morgan fingerprint density at radius 3 is 2.92 bits per heavy atom. The Bertz CT molecular complexity index is 193. The summed E-state index contributed by atoms with van der Waals surface area (Å²) in [6.45, 7) is 2.01. The molecule has 1 aliphatic rings. The van der Waals surface area contributed by atoms with E-state index < -0.39 is 0 Å². The van der Waals surface area contributed by atoms with E-state index >= 15 is 0 Å². The predicted molar refractivity (Wildman–Crippen MR) is 51.2 cm³/mol. The molecule has 0 N–H and O–H groups in total. The molecule has 0 radical (unpaired) electrons. The maximum Gasteiger partial charge on any atom is 0.330 e. The van der Waals surface area contributed by atoms with Crippen LogP contribution in [0.5, 0.6) is 0 Å². The molecule has 0 amide bonds. The van der Waals surface area contributed by atoms with Crippen LogP contribution in [0.25, 0.3) is 0 Å². The minimum atomic E-state index is -0.232. The molecule has 1 rings (SSSR count). The van der Waals surface area contributed by atoms with Crippen LogP contribution < -0.4 is 0 Å². The topological polar surface area (TPSA) is 26.3 Å². The molecular weight excluding hydrogens is 172 g/mol. The minimum Gasteiger partial charge on any atom is -0.466 e. The molecule has 12 heavy (non-hydrogen) atoms. The summed E-state index contributed by atoms with van der Waals surface area (Å²) in [5.74, 6) is 2.73. The number of rotatable bonds is 2. The molecule has 0 aromatic carbocycles. The first kappa shape index (κ1) is 9.65. The molecule has 0 saturated carbocycles. The molecule has 0 aromatic heterocycles. The molecule has 0 aromatic rings. The highest BCUT2D eigenvalue weighted by atomic mass is 32.2. The van der Waals surface area contributed by atoms with Crippen molar-refractivity contribution in [2.45, 2.75) is 13.3 Å². The molecule has 1 saturated heterocycles. The fourth-order valence-electron chi connectivity index (χ4n) is 1.26. The van der Waals surface area contributed by atoms with Crippen molar-refractivity contribution >= 4 is 17.7 Å². The molecule has 0 spiro atoms. The number of allylic oxidation sites excluding steroid dienone is 1. The van der Waals surface area contributed by atoms with Gasteiger partial charge >= 0.3 is 5.97 Å². The Morgan fingerprint density at radius 2 is 2.42 bits per heavy atom. The zero-order chi connectivity index (χ0) is 8.97. The summed E-state index contributed by atoms with van der Waals surface area (Å²) in [6, 6.07) is 0. The lowest BCUT2D eigenvalue weighted by molar-refractivity contribution is -0.134. The molecular formula is C9H14O2S. The van der Waals surface area contributed by atoms with Gasteiger partial charge in [0.1, 0.15) is 0 Å². The highest BCUT2D eigenvalue weighted by Crippen LogP contribution is 2.28. The summed E-state index contributed by atoms with van der Waals surface area (Å²) in [7, 11) is 1.41. The summed E-state index contributed by atoms with van der Waals surface area (Å²) in [5.41, 5.74) is 1.16. The molecule has 1 fully saturated rings. The van der Waals surface area contributed by atoms with Crippen molar-refractivity contribution in [1.82, 2.24) is 0 Å². The van der Waals surface area contributed by atoms with Crippen molar-refractivity contribution in [3.05, 3.63) is 11.6 Å². The smallest absolute Gasteiger partial charge is 0.330 e. The van der Waals surface area contributed by atoms with Crippen LogP contribution in [0.2, 0.25) is 0 Å². The van der Waals surface area contributed by atoms with E-state index in [4.69, 9.17) is 0 Å². The SMILES string of the molecule is COC(=O)/C=C(\C)C1CCSC1. The molecule has 68 valence electrons. The summed E-state index contributed by atoms with van der Waals surface area (Å²) in [4.78, 5) is 10.9. The Balaban J connectivity index is 2.49. The number of carbonyl (C=O) groups excluding carboxylic acids is 1. The second kappa shape index (κ2) is 4.55. The molecule has 2 nitrogen and oxygen atoms in total. The maximum atomic E-state index is 10.9. The van der Waals surface area contributed by atoms with Gasteiger partial charge in [-0.05, 0) is 30.8 Å². The summed E-state index contributed by atoms with van der Waals surface area (Å²) in [6.07, 6.45) is 2.81. The van der Waals surface area contributed by atoms with Gasteiger partial charge in [-0.25, -0.2) is 4.79 Å². The van der Waals surface area contributed by atoms with Crippen molar-refractivity contribution in [3.63, 3.8) is 0 Å². The van der Waals surface area contributed by atoms with Crippen LogP contribution in [-0.4, -0.2) is 24.6 Å². The minimum absolute atomic E-state index is 0.232. The number of esters is 1. The van der Waals surface area contributed by atoms with E-state index in [1.54, 1.807) is 6.08 Å². The first-order valence-electron chi connectivity index (χ1n) is 4.08. The van der Waals surface area contributed by atoms with Gasteiger partial charge in [0, 0.05) is 6.08 Å². The number of carbonyl (C=O) groups is 1. The van der Waals surface area contributed by atoms with Gasteiger partial charge < -0.3 is 4.74 Å². The summed E-state index contributed by atoms with van der Waals surface area (Å²) >= 11 is 1.95. The van der Waals surface area contributed by atoms with Gasteiger partial charge in [-0.15, -0.1) is 0 Å². The van der Waals surface area contributed by atoms with E-state index in [-0.39, 0.29) is 5.97 Å². The van der Waals surface area contributed by atoms with Crippen molar-refractivity contribution in [1.29, 1.82) is 0 Å². The Hall–Kier alpha value is -0.440. The molecule has 3 heteroatoms. The van der Waals surface area contributed by atoms with Crippen LogP contribution in [0, 0.1) is 5.92 Å². The monoisotopic (exact) mass is 186 g/mol. The van der Waals surface area contributed by atoms with E-state index in [1.165, 1.54) is 19.3 Å². The van der Waals surface area contributed by atoms with Gasteiger partial charge in [0.05, 0.1) is 7.11 Å². The van der Waals surface area contributed by atoms with Gasteiger partial charge in [0.2, 0.25) is 0 Å². The van der Waals surface area contributed by atoms with E-state index in [2.05, 4.69) is 4.74 Å². The summed E-state index contributed by atoms with van der Waals surface area (Å²) < 4.78 is 4.56. The molecule has 1 aliphatic heterocycles. The van der Waals surface area contributed by atoms with Gasteiger partial charge in [-0.3, -0.25) is 0 Å². The summed E-state index contributed by atoms with van der Waals surface area (Å²) in [5, 5.41) is 0. The predicted octanol–water partition coefficient (Wildman–Crippen LogP) is 1.86. The lowest BCUT2D eigenvalue weighted by atomic mass is 10.00. The molecule has 0 aliphatic carbocycles. The van der Waals surface area contributed by atoms with E-state index in [9.17, 15) is 4.79 Å². The van der Waals surface area contributed by atoms with Crippen molar-refractivity contribution < 1.29 is 9.53 Å². The zero-order valence-corrected chi connectivity index (χ0v) is 8.32. The van der Waals surface area contributed by atoms with Crippen LogP contribution >= 0.6 is 11.8 Å². The third-order valence-electron chi connectivity index (χ3n) is 2.12. The first-order valence-corrected chi connectivity index (χ1v) is 5.23. The van der Waals surface area contributed by atoms with Crippen LogP contribution in [0.3, 0.4) is 0 Å². The van der Waals surface area contributed by atoms with Gasteiger partial charge in [-0.1, -0.05) is 5.57 Å². The van der Waals surface area contributed by atoms with E-state index in [1.807, 2.05) is 18.7 Å². The lowest BCUT2D eigenvalue weighted by Gasteiger charge is -2.07. The second-order valence-electron chi connectivity index (χ2n) is 2.97. The second-order valence-corrected chi connectivity index (χ2v) is 4.12. The highest BCUT2D eigenvalue weighted by Gasteiger charge is 2.17. The molecule has 1 heterocycles. The first-order chi connectivity index (χ1) is 5.74. The molecule has 0 bridgehead atoms. The third-order valence-corrected chi connectivity index (χ3v) is 3.28. The van der Waals surface area contributed by atoms with Crippen LogP contribution in [0.1, 0.15) is 13.3 Å². The van der Waals surface area contributed by atoms with Crippen LogP contribution in [0.15, 0.2) is 11.6 Å². The standard InChI is InChI=1S/C9H14O2S/c1-7(5-9(10)11-2)8-3-4-12-6-8/h5,8H,3-4,6H2,1-2H3/b7-5+. The molecule has 1 atom stereocenters. The van der Waals surface area contributed by atoms with Crippen molar-refractivity contribution in [3.8, 4) is 0 Å². The van der Waals surface area contributed by atoms with Gasteiger partial charge in [-0.2, -0.15) is 11.8 Å². The zero-order valence-electron chi connectivity index (χ0n) is 7.50. The highest BCUT2D eigenvalue weighted by molar-refractivity contribution is 7.99. The Kier molecular flexibility index (Phi) is 3.66. The normalized spacial score (nSPS) is 24.2. The number of thioether (sulfide) groups is 1. The Morgan fingerprint density at radius 1 is 1.67 bits per heavy atom. The number of hydrogen-bond acceptors (Lipinski definition) is 3. The number of hydrogen-bond donors (Lipinski definition) is 0. The fraction of sp³-hybridized carbons (Fsp3) is 0.667. The number of methoxy groups -OCH3 is 1. The Labute approximate surface area is 77.4 Å². The maximum absolute atomic E-state index is 10.9. The van der Waals surface area contributed by atoms with Crippen molar-refractivity contribution in [2.24, 2.45) is 5.92 Å². The van der Waals surface area contributed by atoms with Gasteiger partial charge in [0.25, 0.3) is 0 Å². The fourth-order valence-corrected chi connectivity index (χ4v) is 2.59. The van der Waals surface area contributed by atoms with Gasteiger partial charge in [0.15, 0.2) is 0 Å². The number of ether oxygens (including phenoxy) is 1. The van der Waals surface area contributed by atoms with E-state index in [0.717, 1.165) is 11.3 Å². The average Bonchev–Trinajstić information content (AvgIpc) is 2.56. The third kappa shape index (κ3) is 2.55. The van der Waals surface area contributed by atoms with E-state index in [0.29, 0.717) is 5.92 Å². The van der Waals surface area contributed by atoms with Crippen LogP contribution in [0.4, 0.5) is 0 Å². The average molecular weight is 186 g/mol. The largest absolute Gasteiger partial charge is 0.466 e.